The minimum absolute atomic E-state index is 0.779. The highest BCUT2D eigenvalue weighted by atomic mass is 31.2. The van der Waals surface area contributed by atoms with Crippen molar-refractivity contribution >= 4 is 55.5 Å². The summed E-state index contributed by atoms with van der Waals surface area (Å²) in [4.78, 5) is 9.89. The Kier molecular flexibility index (Phi) is 7.42. The van der Waals surface area contributed by atoms with E-state index in [0.29, 0.717) is 0 Å². The third-order valence-corrected chi connectivity index (χ3v) is 12.6. The summed E-state index contributed by atoms with van der Waals surface area (Å²) in [5, 5.41) is 8.07. The van der Waals surface area contributed by atoms with Crippen LogP contribution >= 0.6 is 7.14 Å². The van der Waals surface area contributed by atoms with Crippen LogP contribution in [0.2, 0.25) is 0 Å². The molecule has 0 spiro atoms. The van der Waals surface area contributed by atoms with Gasteiger partial charge in [0.25, 0.3) is 0 Å². The molecular formula is C46H31N2OP. The summed E-state index contributed by atoms with van der Waals surface area (Å²) in [7, 11) is -3.19. The summed E-state index contributed by atoms with van der Waals surface area (Å²) in [5.41, 5.74) is 6.99. The van der Waals surface area contributed by atoms with Crippen LogP contribution < -0.4 is 15.9 Å². The van der Waals surface area contributed by atoms with Crippen LogP contribution in [0, 0.1) is 0 Å². The van der Waals surface area contributed by atoms with Crippen molar-refractivity contribution in [2.45, 2.75) is 0 Å². The van der Waals surface area contributed by atoms with Gasteiger partial charge in [0, 0.05) is 49.4 Å². The normalized spacial score (nSPS) is 11.7. The van der Waals surface area contributed by atoms with Crippen molar-refractivity contribution in [3.05, 3.63) is 188 Å². The molecule has 0 aliphatic carbocycles. The molecule has 2 heterocycles. The first kappa shape index (κ1) is 29.9. The summed E-state index contributed by atoms with van der Waals surface area (Å²) in [5.74, 6) is 0. The number of nitrogens with zero attached hydrogens (tertiary/aromatic N) is 2. The van der Waals surface area contributed by atoms with Gasteiger partial charge in [-0.2, -0.15) is 0 Å². The second-order valence-electron chi connectivity index (χ2n) is 12.5. The molecule has 0 N–H and O–H groups in total. The first-order valence-corrected chi connectivity index (χ1v) is 18.5. The molecule has 4 heteroatoms. The number of benzene rings is 7. The molecule has 0 saturated carbocycles. The maximum Gasteiger partial charge on any atom is 0.171 e. The Bertz CT molecular complexity index is 2670. The van der Waals surface area contributed by atoms with Crippen LogP contribution in [0.1, 0.15) is 0 Å². The lowest BCUT2D eigenvalue weighted by molar-refractivity contribution is 0.592. The van der Waals surface area contributed by atoms with Crippen molar-refractivity contribution < 1.29 is 4.57 Å². The van der Waals surface area contributed by atoms with Gasteiger partial charge in [0.15, 0.2) is 7.14 Å². The van der Waals surface area contributed by atoms with Crippen molar-refractivity contribution in [2.75, 3.05) is 0 Å². The van der Waals surface area contributed by atoms with E-state index in [4.69, 9.17) is 4.98 Å². The summed E-state index contributed by atoms with van der Waals surface area (Å²) in [6.45, 7) is 0. The standard InChI is InChI=1S/C46H31N2OP/c49-50(35-15-3-1-4-16-35,36-17-5-2-6-18-36)37-19-13-14-34(30-37)46-42-31-41(32-25-27-33(28-26-32)43-23-11-12-29-47-43)38-20-7-8-21-39(38)45(42)40-22-9-10-24-44(40)48-46/h1-31H. The summed E-state index contributed by atoms with van der Waals surface area (Å²) in [6, 6.07) is 61.8. The quantitative estimate of drug-likeness (QED) is 0.132. The lowest BCUT2D eigenvalue weighted by Crippen LogP contribution is -2.25. The van der Waals surface area contributed by atoms with Crippen molar-refractivity contribution in [1.82, 2.24) is 9.97 Å². The molecule has 3 nitrogen and oxygen atoms in total. The fourth-order valence-corrected chi connectivity index (χ4v) is 9.90. The Hall–Kier alpha value is -6.15. The Balaban J connectivity index is 1.30. The van der Waals surface area contributed by atoms with E-state index in [9.17, 15) is 0 Å². The summed E-state index contributed by atoms with van der Waals surface area (Å²) < 4.78 is 15.4. The molecule has 9 rings (SSSR count). The zero-order valence-electron chi connectivity index (χ0n) is 27.1. The molecule has 50 heavy (non-hydrogen) atoms. The molecule has 2 aromatic heterocycles. The number of aromatic nitrogens is 2. The van der Waals surface area contributed by atoms with Gasteiger partial charge in [-0.3, -0.25) is 4.98 Å². The molecule has 0 aliphatic heterocycles. The number of fused-ring (bicyclic) bond motifs is 5. The van der Waals surface area contributed by atoms with E-state index in [-0.39, 0.29) is 0 Å². The lowest BCUT2D eigenvalue weighted by atomic mass is 9.89. The van der Waals surface area contributed by atoms with E-state index in [2.05, 4.69) is 89.9 Å². The maximum atomic E-state index is 15.4. The molecule has 0 atom stereocenters. The number of para-hydroxylation sites is 1. The van der Waals surface area contributed by atoms with Crippen molar-refractivity contribution in [3.8, 4) is 33.6 Å². The minimum Gasteiger partial charge on any atom is -0.309 e. The molecule has 9 aromatic rings. The van der Waals surface area contributed by atoms with E-state index < -0.39 is 7.14 Å². The van der Waals surface area contributed by atoms with E-state index in [1.807, 2.05) is 103 Å². The Morgan fingerprint density at radius 2 is 1.02 bits per heavy atom. The van der Waals surface area contributed by atoms with Gasteiger partial charge in [-0.05, 0) is 52.2 Å². The molecular weight excluding hydrogens is 627 g/mol. The number of hydrogen-bond acceptors (Lipinski definition) is 3. The fourth-order valence-electron chi connectivity index (χ4n) is 7.20. The predicted octanol–water partition coefficient (Wildman–Crippen LogP) is 10.6. The van der Waals surface area contributed by atoms with Crippen LogP contribution in [0.25, 0.3) is 66.1 Å². The topological polar surface area (TPSA) is 42.9 Å². The second-order valence-corrected chi connectivity index (χ2v) is 15.3. The van der Waals surface area contributed by atoms with Crippen LogP contribution in [-0.4, -0.2) is 9.97 Å². The van der Waals surface area contributed by atoms with Crippen molar-refractivity contribution in [1.29, 1.82) is 0 Å². The van der Waals surface area contributed by atoms with Crippen LogP contribution in [-0.2, 0) is 4.57 Å². The molecule has 7 aromatic carbocycles. The highest BCUT2D eigenvalue weighted by molar-refractivity contribution is 7.85. The van der Waals surface area contributed by atoms with Gasteiger partial charge in [-0.1, -0.05) is 152 Å². The van der Waals surface area contributed by atoms with E-state index in [1.165, 1.54) is 10.8 Å². The largest absolute Gasteiger partial charge is 0.309 e. The first-order chi connectivity index (χ1) is 24.7. The first-order valence-electron chi connectivity index (χ1n) is 16.8. The Morgan fingerprint density at radius 1 is 0.420 bits per heavy atom. The van der Waals surface area contributed by atoms with Gasteiger partial charge >= 0.3 is 0 Å². The van der Waals surface area contributed by atoms with E-state index in [1.54, 1.807) is 0 Å². The smallest absolute Gasteiger partial charge is 0.171 e. The molecule has 0 unspecified atom stereocenters. The molecule has 0 aliphatic rings. The van der Waals surface area contributed by atoms with E-state index in [0.717, 1.165) is 71.2 Å². The van der Waals surface area contributed by atoms with Gasteiger partial charge < -0.3 is 4.57 Å². The molecule has 236 valence electrons. The SMILES string of the molecule is O=P(c1ccccc1)(c1ccccc1)c1cccc(-c2nc3ccccc3c3c2cc(-c2ccc(-c4ccccn4)cc2)c2ccccc23)c1. The zero-order chi connectivity index (χ0) is 33.5. The van der Waals surface area contributed by atoms with Crippen LogP contribution in [0.15, 0.2) is 188 Å². The minimum atomic E-state index is -3.19. The predicted molar refractivity (Wildman–Crippen MR) is 210 cm³/mol. The van der Waals surface area contributed by atoms with Crippen LogP contribution in [0.3, 0.4) is 0 Å². The van der Waals surface area contributed by atoms with Crippen LogP contribution in [0.4, 0.5) is 0 Å². The van der Waals surface area contributed by atoms with Gasteiger partial charge in [0.05, 0.1) is 16.9 Å². The van der Waals surface area contributed by atoms with Crippen molar-refractivity contribution in [2.24, 2.45) is 0 Å². The molecule has 0 fully saturated rings. The van der Waals surface area contributed by atoms with Gasteiger partial charge in [-0.15, -0.1) is 0 Å². The second kappa shape index (κ2) is 12.4. The molecule has 0 bridgehead atoms. The van der Waals surface area contributed by atoms with Crippen molar-refractivity contribution in [3.63, 3.8) is 0 Å². The fraction of sp³-hybridized carbons (Fsp3) is 0. The molecule has 0 radical (unpaired) electrons. The Morgan fingerprint density at radius 3 is 1.72 bits per heavy atom. The lowest BCUT2D eigenvalue weighted by Gasteiger charge is -2.21. The van der Waals surface area contributed by atoms with Gasteiger partial charge in [0.2, 0.25) is 0 Å². The average Bonchev–Trinajstić information content (AvgIpc) is 3.21. The van der Waals surface area contributed by atoms with Gasteiger partial charge in [-0.25, -0.2) is 4.98 Å². The molecule has 0 saturated heterocycles. The summed E-state index contributed by atoms with van der Waals surface area (Å²) >= 11 is 0. The third-order valence-electron chi connectivity index (χ3n) is 9.58. The highest BCUT2D eigenvalue weighted by Crippen LogP contribution is 2.45. The maximum absolute atomic E-state index is 15.4. The Labute approximate surface area is 290 Å². The summed E-state index contributed by atoms with van der Waals surface area (Å²) in [6.07, 6.45) is 1.83. The van der Waals surface area contributed by atoms with E-state index >= 15 is 4.57 Å². The number of rotatable bonds is 6. The van der Waals surface area contributed by atoms with Crippen LogP contribution in [0.5, 0.6) is 0 Å². The average molecular weight is 659 g/mol. The molecule has 0 amide bonds. The zero-order valence-corrected chi connectivity index (χ0v) is 28.0. The number of pyridine rings is 2. The monoisotopic (exact) mass is 658 g/mol. The highest BCUT2D eigenvalue weighted by Gasteiger charge is 2.30. The van der Waals surface area contributed by atoms with Gasteiger partial charge in [0.1, 0.15) is 0 Å². The third kappa shape index (κ3) is 5.03. The number of hydrogen-bond donors (Lipinski definition) is 0.